The Kier molecular flexibility index (Phi) is 2.44. The summed E-state index contributed by atoms with van der Waals surface area (Å²) < 4.78 is 4.71. The number of ether oxygens (including phenoxy) is 1. The lowest BCUT2D eigenvalue weighted by Crippen LogP contribution is -1.92. The fourth-order valence-corrected chi connectivity index (χ4v) is 0.903. The molecule has 0 amide bonds. The van der Waals surface area contributed by atoms with E-state index in [-0.39, 0.29) is 16.6 Å². The molecule has 1 aromatic rings. The number of hydrogen-bond acceptors (Lipinski definition) is 4. The zero-order valence-corrected chi connectivity index (χ0v) is 6.91. The van der Waals surface area contributed by atoms with Crippen LogP contribution in [-0.4, -0.2) is 17.0 Å². The number of nitro groups is 1. The summed E-state index contributed by atoms with van der Waals surface area (Å²) >= 11 is 5.58. The van der Waals surface area contributed by atoms with Crippen molar-refractivity contribution < 1.29 is 9.66 Å². The van der Waals surface area contributed by atoms with E-state index in [1.165, 1.54) is 13.2 Å². The van der Waals surface area contributed by atoms with E-state index in [1.54, 1.807) is 0 Å². The van der Waals surface area contributed by atoms with Crippen LogP contribution in [0.4, 0.5) is 5.69 Å². The SMILES string of the molecule is COc1ncc([N+](=O)[O-])cc1Cl. The lowest BCUT2D eigenvalue weighted by molar-refractivity contribution is -0.385. The van der Waals surface area contributed by atoms with Crippen LogP contribution in [-0.2, 0) is 0 Å². The second-order valence-electron chi connectivity index (χ2n) is 1.94. The van der Waals surface area contributed by atoms with Gasteiger partial charge in [0.25, 0.3) is 5.69 Å². The molecular formula is C6H5ClN2O3. The third-order valence-corrected chi connectivity index (χ3v) is 1.47. The maximum Gasteiger partial charge on any atom is 0.289 e. The van der Waals surface area contributed by atoms with Crippen molar-refractivity contribution in [1.29, 1.82) is 0 Å². The first kappa shape index (κ1) is 8.73. The monoisotopic (exact) mass is 188 g/mol. The van der Waals surface area contributed by atoms with Crippen LogP contribution in [0.3, 0.4) is 0 Å². The van der Waals surface area contributed by atoms with Gasteiger partial charge in [-0.3, -0.25) is 10.1 Å². The molecule has 1 rings (SSSR count). The Morgan fingerprint density at radius 1 is 1.75 bits per heavy atom. The number of pyridine rings is 1. The van der Waals surface area contributed by atoms with Gasteiger partial charge >= 0.3 is 0 Å². The zero-order valence-electron chi connectivity index (χ0n) is 6.15. The number of nitrogens with zero attached hydrogens (tertiary/aromatic N) is 2. The lowest BCUT2D eigenvalue weighted by Gasteiger charge is -1.99. The van der Waals surface area contributed by atoms with E-state index in [0.29, 0.717) is 0 Å². The van der Waals surface area contributed by atoms with Crippen LogP contribution in [0.5, 0.6) is 5.88 Å². The highest BCUT2D eigenvalue weighted by atomic mass is 35.5. The standard InChI is InChI=1S/C6H5ClN2O3/c1-12-6-5(7)2-4(3-8-6)9(10)11/h2-3H,1H3. The molecular weight excluding hydrogens is 184 g/mol. The van der Waals surface area contributed by atoms with Crippen molar-refractivity contribution in [3.05, 3.63) is 27.4 Å². The molecule has 64 valence electrons. The largest absolute Gasteiger partial charge is 0.480 e. The van der Waals surface area contributed by atoms with Crippen molar-refractivity contribution in [2.75, 3.05) is 7.11 Å². The molecule has 12 heavy (non-hydrogen) atoms. The predicted molar refractivity (Wildman–Crippen MR) is 42.5 cm³/mol. The van der Waals surface area contributed by atoms with Gasteiger partial charge in [0.05, 0.1) is 12.0 Å². The molecule has 0 fully saturated rings. The van der Waals surface area contributed by atoms with Gasteiger partial charge in [0, 0.05) is 6.07 Å². The molecule has 0 radical (unpaired) electrons. The average Bonchev–Trinajstić information content (AvgIpc) is 2.04. The predicted octanol–water partition coefficient (Wildman–Crippen LogP) is 1.65. The van der Waals surface area contributed by atoms with Crippen molar-refractivity contribution in [2.24, 2.45) is 0 Å². The summed E-state index contributed by atoms with van der Waals surface area (Å²) in [6.07, 6.45) is 1.09. The van der Waals surface area contributed by atoms with Gasteiger partial charge in [-0.05, 0) is 0 Å². The van der Waals surface area contributed by atoms with E-state index < -0.39 is 4.92 Å². The van der Waals surface area contributed by atoms with Crippen LogP contribution in [0.15, 0.2) is 12.3 Å². The number of methoxy groups -OCH3 is 1. The minimum atomic E-state index is -0.571. The second-order valence-corrected chi connectivity index (χ2v) is 2.35. The maximum absolute atomic E-state index is 10.2. The van der Waals surface area contributed by atoms with E-state index in [2.05, 4.69) is 4.98 Å². The third-order valence-electron chi connectivity index (χ3n) is 1.20. The van der Waals surface area contributed by atoms with Crippen LogP contribution in [0.25, 0.3) is 0 Å². The summed E-state index contributed by atoms with van der Waals surface area (Å²) in [6.45, 7) is 0. The van der Waals surface area contributed by atoms with Crippen LogP contribution in [0.2, 0.25) is 5.02 Å². The first-order valence-electron chi connectivity index (χ1n) is 2.99. The third kappa shape index (κ3) is 1.62. The fraction of sp³-hybridized carbons (Fsp3) is 0.167. The molecule has 0 bridgehead atoms. The van der Waals surface area contributed by atoms with Gasteiger partial charge in [0.15, 0.2) is 0 Å². The molecule has 0 saturated carbocycles. The van der Waals surface area contributed by atoms with Crippen LogP contribution in [0.1, 0.15) is 0 Å². The van der Waals surface area contributed by atoms with Crippen molar-refractivity contribution in [2.45, 2.75) is 0 Å². The summed E-state index contributed by atoms with van der Waals surface area (Å²) in [5, 5.41) is 10.4. The number of halogens is 1. The van der Waals surface area contributed by atoms with Gasteiger partial charge in [-0.25, -0.2) is 4.98 Å². The minimum absolute atomic E-state index is 0.131. The highest BCUT2D eigenvalue weighted by Gasteiger charge is 2.10. The highest BCUT2D eigenvalue weighted by Crippen LogP contribution is 2.24. The molecule has 1 heterocycles. The summed E-state index contributed by atoms with van der Waals surface area (Å²) in [6, 6.07) is 1.19. The first-order valence-corrected chi connectivity index (χ1v) is 3.37. The topological polar surface area (TPSA) is 65.3 Å². The van der Waals surface area contributed by atoms with Crippen molar-refractivity contribution >= 4 is 17.3 Å². The zero-order chi connectivity index (χ0) is 9.14. The summed E-state index contributed by atoms with van der Waals surface area (Å²) in [7, 11) is 1.39. The van der Waals surface area contributed by atoms with Crippen LogP contribution >= 0.6 is 11.6 Å². The summed E-state index contributed by atoms with van der Waals surface area (Å²) in [5.41, 5.74) is -0.152. The summed E-state index contributed by atoms with van der Waals surface area (Å²) in [4.78, 5) is 13.3. The Labute approximate surface area is 73.1 Å². The highest BCUT2D eigenvalue weighted by molar-refractivity contribution is 6.32. The van der Waals surface area contributed by atoms with Crippen LogP contribution in [0, 0.1) is 10.1 Å². The molecule has 0 saturated heterocycles. The molecule has 0 aromatic carbocycles. The van der Waals surface area contributed by atoms with Gasteiger partial charge in [-0.2, -0.15) is 0 Å². The van der Waals surface area contributed by atoms with Crippen molar-refractivity contribution in [1.82, 2.24) is 4.98 Å². The molecule has 0 unspecified atom stereocenters. The van der Waals surface area contributed by atoms with E-state index in [1.807, 2.05) is 0 Å². The Balaban J connectivity index is 3.10. The average molecular weight is 189 g/mol. The Morgan fingerprint density at radius 3 is 2.83 bits per heavy atom. The quantitative estimate of drug-likeness (QED) is 0.523. The number of hydrogen-bond donors (Lipinski definition) is 0. The van der Waals surface area contributed by atoms with Gasteiger partial charge in [0.1, 0.15) is 11.2 Å². The van der Waals surface area contributed by atoms with E-state index in [9.17, 15) is 10.1 Å². The van der Waals surface area contributed by atoms with E-state index in [0.717, 1.165) is 6.20 Å². The molecule has 0 N–H and O–H groups in total. The molecule has 0 aliphatic rings. The normalized spacial score (nSPS) is 9.50. The van der Waals surface area contributed by atoms with Crippen LogP contribution < -0.4 is 4.74 Å². The van der Waals surface area contributed by atoms with E-state index in [4.69, 9.17) is 16.3 Å². The number of rotatable bonds is 2. The number of aromatic nitrogens is 1. The van der Waals surface area contributed by atoms with Crippen molar-refractivity contribution in [3.8, 4) is 5.88 Å². The van der Waals surface area contributed by atoms with E-state index >= 15 is 0 Å². The molecule has 5 nitrogen and oxygen atoms in total. The smallest absolute Gasteiger partial charge is 0.289 e. The van der Waals surface area contributed by atoms with Gasteiger partial charge in [-0.1, -0.05) is 11.6 Å². The molecule has 0 aliphatic carbocycles. The van der Waals surface area contributed by atoms with Gasteiger partial charge in [-0.15, -0.1) is 0 Å². The lowest BCUT2D eigenvalue weighted by atomic mass is 10.4. The molecule has 1 aromatic heterocycles. The Morgan fingerprint density at radius 2 is 2.42 bits per heavy atom. The first-order chi connectivity index (χ1) is 5.65. The molecule has 6 heteroatoms. The minimum Gasteiger partial charge on any atom is -0.480 e. The van der Waals surface area contributed by atoms with Gasteiger partial charge < -0.3 is 4.74 Å². The van der Waals surface area contributed by atoms with Gasteiger partial charge in [0.2, 0.25) is 5.88 Å². The second kappa shape index (κ2) is 3.36. The fourth-order valence-electron chi connectivity index (χ4n) is 0.665. The van der Waals surface area contributed by atoms with Crippen molar-refractivity contribution in [3.63, 3.8) is 0 Å². The summed E-state index contributed by atoms with van der Waals surface area (Å²) in [5.74, 6) is 0.183. The molecule has 0 spiro atoms. The Hall–Kier alpha value is -1.36. The molecule has 0 aliphatic heterocycles. The maximum atomic E-state index is 10.2. The molecule has 0 atom stereocenters. The Bertz CT molecular complexity index is 316.